The third kappa shape index (κ3) is 4.24. The minimum atomic E-state index is 0.749. The fraction of sp³-hybridized carbons (Fsp3) is 0.400. The number of unbranched alkanes of at least 4 members (excludes halogenated alkanes) is 1. The Hall–Kier alpha value is -1.77. The van der Waals surface area contributed by atoms with Crippen molar-refractivity contribution >= 4 is 11.5 Å². The lowest BCUT2D eigenvalue weighted by molar-refractivity contribution is 0.804. The number of hydrogen-bond acceptors (Lipinski definition) is 2. The van der Waals surface area contributed by atoms with Gasteiger partial charge in [-0.25, -0.2) is 0 Å². The highest BCUT2D eigenvalue weighted by Crippen LogP contribution is 2.14. The number of anilines is 1. The monoisotopic (exact) mass is 245 g/mol. The summed E-state index contributed by atoms with van der Waals surface area (Å²) < 4.78 is 0. The molecule has 0 aliphatic carbocycles. The fourth-order valence-electron chi connectivity index (χ4n) is 1.64. The van der Waals surface area contributed by atoms with Gasteiger partial charge >= 0.3 is 0 Å². The number of amidine groups is 1. The number of benzene rings is 1. The molecule has 0 fully saturated rings. The molecule has 1 aromatic rings. The molecule has 3 nitrogen and oxygen atoms in total. The maximum absolute atomic E-state index is 6.05. The van der Waals surface area contributed by atoms with Gasteiger partial charge in [-0.15, -0.1) is 0 Å². The number of hydrogen-bond donors (Lipinski definition) is 2. The second kappa shape index (κ2) is 6.84. The fourth-order valence-corrected chi connectivity index (χ4v) is 1.64. The van der Waals surface area contributed by atoms with Crippen LogP contribution >= 0.6 is 0 Å². The van der Waals surface area contributed by atoms with E-state index in [1.54, 1.807) is 0 Å². The largest absolute Gasteiger partial charge is 0.398 e. The molecule has 0 amide bonds. The summed E-state index contributed by atoms with van der Waals surface area (Å²) in [6.45, 7) is 10.8. The van der Waals surface area contributed by atoms with Gasteiger partial charge in [-0.1, -0.05) is 26.0 Å². The highest BCUT2D eigenvalue weighted by molar-refractivity contribution is 6.04. The molecule has 1 rings (SSSR count). The van der Waals surface area contributed by atoms with Crippen molar-refractivity contribution in [1.82, 2.24) is 5.32 Å². The standard InChI is InChI=1S/C15H23N3/c1-5-6-9-17-15(18-11(2)3)13-8-7-12(4)10-14(13)16/h7-8,10H,2,5-6,9,16H2,1,3-4H3,(H,17,18). The van der Waals surface area contributed by atoms with Crippen LogP contribution in [0.1, 0.15) is 37.8 Å². The van der Waals surface area contributed by atoms with Gasteiger partial charge in [-0.2, -0.15) is 0 Å². The minimum absolute atomic E-state index is 0.749. The Kier molecular flexibility index (Phi) is 5.43. The highest BCUT2D eigenvalue weighted by atomic mass is 15.0. The van der Waals surface area contributed by atoms with Crippen LogP contribution in [-0.2, 0) is 0 Å². The summed E-state index contributed by atoms with van der Waals surface area (Å²) in [4.78, 5) is 4.58. The van der Waals surface area contributed by atoms with Gasteiger partial charge in [0.05, 0.1) is 0 Å². The van der Waals surface area contributed by atoms with E-state index in [1.165, 1.54) is 0 Å². The topological polar surface area (TPSA) is 50.4 Å². The van der Waals surface area contributed by atoms with E-state index in [9.17, 15) is 0 Å². The van der Waals surface area contributed by atoms with Crippen molar-refractivity contribution in [2.75, 3.05) is 12.3 Å². The molecular weight excluding hydrogens is 222 g/mol. The smallest absolute Gasteiger partial charge is 0.134 e. The number of nitrogens with one attached hydrogen (secondary N) is 1. The molecule has 0 saturated carbocycles. The van der Waals surface area contributed by atoms with Gasteiger partial charge in [-0.05, 0) is 38.0 Å². The second-order valence-corrected chi connectivity index (χ2v) is 4.58. The van der Waals surface area contributed by atoms with Crippen molar-refractivity contribution in [3.63, 3.8) is 0 Å². The number of nitrogen functional groups attached to an aromatic ring is 1. The van der Waals surface area contributed by atoms with Gasteiger partial charge in [-0.3, -0.25) is 4.99 Å². The first-order valence-corrected chi connectivity index (χ1v) is 6.38. The number of nitrogens with zero attached hydrogens (tertiary/aromatic N) is 1. The van der Waals surface area contributed by atoms with Gasteiger partial charge in [0.2, 0.25) is 0 Å². The van der Waals surface area contributed by atoms with Crippen LogP contribution in [0.4, 0.5) is 5.69 Å². The zero-order valence-electron chi connectivity index (χ0n) is 11.6. The molecule has 3 heteroatoms. The zero-order chi connectivity index (χ0) is 13.5. The van der Waals surface area contributed by atoms with E-state index < -0.39 is 0 Å². The summed E-state index contributed by atoms with van der Waals surface area (Å²) in [6, 6.07) is 6.01. The average Bonchev–Trinajstić information content (AvgIpc) is 2.27. The Labute approximate surface area is 110 Å². The SMILES string of the molecule is C=C(C)NC(=NCCCC)c1ccc(C)cc1N. The van der Waals surface area contributed by atoms with Crippen LogP contribution in [-0.4, -0.2) is 12.4 Å². The number of nitrogens with two attached hydrogens (primary N) is 1. The summed E-state index contributed by atoms with van der Waals surface area (Å²) in [7, 11) is 0. The first kappa shape index (κ1) is 14.3. The molecule has 18 heavy (non-hydrogen) atoms. The Morgan fingerprint density at radius 3 is 2.72 bits per heavy atom. The number of allylic oxidation sites excluding steroid dienone is 1. The van der Waals surface area contributed by atoms with Gasteiger partial charge in [0.1, 0.15) is 5.84 Å². The van der Waals surface area contributed by atoms with E-state index in [0.717, 1.165) is 47.7 Å². The summed E-state index contributed by atoms with van der Waals surface area (Å²) in [5.74, 6) is 0.813. The Morgan fingerprint density at radius 2 is 2.17 bits per heavy atom. The van der Waals surface area contributed by atoms with Crippen molar-refractivity contribution in [3.8, 4) is 0 Å². The van der Waals surface area contributed by atoms with Crippen molar-refractivity contribution in [2.45, 2.75) is 33.6 Å². The molecule has 0 bridgehead atoms. The van der Waals surface area contributed by atoms with Crippen LogP contribution in [0, 0.1) is 6.92 Å². The number of aliphatic imine (C=N–C) groups is 1. The Bertz CT molecular complexity index is 447. The molecule has 0 aliphatic heterocycles. The van der Waals surface area contributed by atoms with Crippen LogP contribution in [0.5, 0.6) is 0 Å². The van der Waals surface area contributed by atoms with Gasteiger partial charge in [0.15, 0.2) is 0 Å². The molecule has 0 heterocycles. The molecule has 0 saturated heterocycles. The lowest BCUT2D eigenvalue weighted by atomic mass is 10.1. The first-order valence-electron chi connectivity index (χ1n) is 6.38. The van der Waals surface area contributed by atoms with E-state index in [2.05, 4.69) is 23.8 Å². The van der Waals surface area contributed by atoms with Crippen LogP contribution in [0.3, 0.4) is 0 Å². The summed E-state index contributed by atoms with van der Waals surface area (Å²) >= 11 is 0. The third-order valence-electron chi connectivity index (χ3n) is 2.58. The number of aryl methyl sites for hydroxylation is 1. The van der Waals surface area contributed by atoms with E-state index in [-0.39, 0.29) is 0 Å². The van der Waals surface area contributed by atoms with Crippen LogP contribution in [0.15, 0.2) is 35.5 Å². The Balaban J connectivity index is 3.01. The summed E-state index contributed by atoms with van der Waals surface area (Å²) in [6.07, 6.45) is 2.21. The van der Waals surface area contributed by atoms with Crippen LogP contribution in [0.2, 0.25) is 0 Å². The van der Waals surface area contributed by atoms with Crippen LogP contribution < -0.4 is 11.1 Å². The van der Waals surface area contributed by atoms with Gasteiger partial charge in [0, 0.05) is 23.5 Å². The molecular formula is C15H23N3. The molecule has 0 radical (unpaired) electrons. The van der Waals surface area contributed by atoms with Gasteiger partial charge in [0.25, 0.3) is 0 Å². The lowest BCUT2D eigenvalue weighted by Gasteiger charge is -2.12. The van der Waals surface area contributed by atoms with E-state index in [4.69, 9.17) is 5.73 Å². The summed E-state index contributed by atoms with van der Waals surface area (Å²) in [5, 5.41) is 3.19. The molecule has 0 aromatic heterocycles. The zero-order valence-corrected chi connectivity index (χ0v) is 11.6. The minimum Gasteiger partial charge on any atom is -0.398 e. The van der Waals surface area contributed by atoms with Crippen molar-refractivity contribution < 1.29 is 0 Å². The molecule has 0 unspecified atom stereocenters. The maximum atomic E-state index is 6.05. The van der Waals surface area contributed by atoms with Crippen LogP contribution in [0.25, 0.3) is 0 Å². The molecule has 0 spiro atoms. The third-order valence-corrected chi connectivity index (χ3v) is 2.58. The van der Waals surface area contributed by atoms with E-state index in [0.29, 0.717) is 0 Å². The predicted molar refractivity (Wildman–Crippen MR) is 79.9 cm³/mol. The van der Waals surface area contributed by atoms with Crippen molar-refractivity contribution in [3.05, 3.63) is 41.6 Å². The normalized spacial score (nSPS) is 11.4. The van der Waals surface area contributed by atoms with Crippen molar-refractivity contribution in [1.29, 1.82) is 0 Å². The maximum Gasteiger partial charge on any atom is 0.134 e. The first-order chi connectivity index (χ1) is 8.54. The molecule has 1 aromatic carbocycles. The van der Waals surface area contributed by atoms with E-state index >= 15 is 0 Å². The highest BCUT2D eigenvalue weighted by Gasteiger charge is 2.07. The molecule has 3 N–H and O–H groups in total. The number of rotatable bonds is 5. The molecule has 0 aliphatic rings. The average molecular weight is 245 g/mol. The van der Waals surface area contributed by atoms with Crippen molar-refractivity contribution in [2.24, 2.45) is 4.99 Å². The lowest BCUT2D eigenvalue weighted by Crippen LogP contribution is -2.23. The molecule has 0 atom stereocenters. The second-order valence-electron chi connectivity index (χ2n) is 4.58. The Morgan fingerprint density at radius 1 is 1.44 bits per heavy atom. The predicted octanol–water partition coefficient (Wildman–Crippen LogP) is 3.25. The summed E-state index contributed by atoms with van der Waals surface area (Å²) in [5.41, 5.74) is 9.76. The quantitative estimate of drug-likeness (QED) is 0.362. The molecule has 98 valence electrons. The van der Waals surface area contributed by atoms with Gasteiger partial charge < -0.3 is 11.1 Å². The van der Waals surface area contributed by atoms with E-state index in [1.807, 2.05) is 32.0 Å².